The molecule has 0 saturated heterocycles. The van der Waals surface area contributed by atoms with Gasteiger partial charge in [-0.2, -0.15) is 0 Å². The maximum absolute atomic E-state index is 5.94. The molecule has 1 heterocycles. The van der Waals surface area contributed by atoms with Crippen LogP contribution in [0, 0.1) is 5.41 Å². The summed E-state index contributed by atoms with van der Waals surface area (Å²) in [7, 11) is 0. The second-order valence-corrected chi connectivity index (χ2v) is 6.34. The molecule has 3 heteroatoms. The molecule has 2 fully saturated rings. The van der Waals surface area contributed by atoms with E-state index < -0.39 is 0 Å². The van der Waals surface area contributed by atoms with Crippen LogP contribution in [0.3, 0.4) is 0 Å². The molecule has 2 aromatic rings. The number of nitrogens with zero attached hydrogens (tertiary/aromatic N) is 1. The highest BCUT2D eigenvalue weighted by molar-refractivity contribution is 5.90. The van der Waals surface area contributed by atoms with Crippen LogP contribution in [-0.2, 0) is 4.74 Å². The molecule has 110 valence electrons. The maximum Gasteiger partial charge on any atom is 0.0933 e. The van der Waals surface area contributed by atoms with Gasteiger partial charge in [-0.25, -0.2) is 0 Å². The van der Waals surface area contributed by atoms with E-state index in [0.29, 0.717) is 17.6 Å². The average molecular weight is 282 g/mol. The highest BCUT2D eigenvalue weighted by atomic mass is 16.5. The number of benzene rings is 1. The van der Waals surface area contributed by atoms with Crippen molar-refractivity contribution < 1.29 is 4.74 Å². The predicted octanol–water partition coefficient (Wildman–Crippen LogP) is 3.99. The van der Waals surface area contributed by atoms with E-state index in [1.54, 1.807) is 0 Å². The van der Waals surface area contributed by atoms with Gasteiger partial charge in [-0.05, 0) is 38.3 Å². The SMILES string of the molecule is CCOC1CC(Nc2cccc3cccnc23)C12CCC2. The van der Waals surface area contributed by atoms with Crippen molar-refractivity contribution in [2.45, 2.75) is 44.8 Å². The van der Waals surface area contributed by atoms with Crippen molar-refractivity contribution in [1.82, 2.24) is 4.98 Å². The molecule has 2 atom stereocenters. The monoisotopic (exact) mass is 282 g/mol. The van der Waals surface area contributed by atoms with Crippen LogP contribution in [0.15, 0.2) is 36.5 Å². The third-order valence-corrected chi connectivity index (χ3v) is 5.40. The molecular formula is C18H22N2O. The third kappa shape index (κ3) is 1.95. The summed E-state index contributed by atoms with van der Waals surface area (Å²) in [5.74, 6) is 0. The first-order valence-electron chi connectivity index (χ1n) is 8.05. The Morgan fingerprint density at radius 3 is 2.90 bits per heavy atom. The van der Waals surface area contributed by atoms with Crippen LogP contribution < -0.4 is 5.32 Å². The molecule has 2 aliphatic rings. The average Bonchev–Trinajstić information content (AvgIpc) is 2.44. The molecule has 0 aliphatic heterocycles. The molecule has 2 aliphatic carbocycles. The van der Waals surface area contributed by atoms with E-state index >= 15 is 0 Å². The fourth-order valence-electron chi connectivity index (χ4n) is 4.05. The van der Waals surface area contributed by atoms with Crippen molar-refractivity contribution >= 4 is 16.6 Å². The van der Waals surface area contributed by atoms with Gasteiger partial charge in [0.05, 0.1) is 17.3 Å². The summed E-state index contributed by atoms with van der Waals surface area (Å²) >= 11 is 0. The molecule has 4 rings (SSSR count). The van der Waals surface area contributed by atoms with Gasteiger partial charge >= 0.3 is 0 Å². The molecule has 0 amide bonds. The molecule has 1 spiro atoms. The number of aromatic nitrogens is 1. The van der Waals surface area contributed by atoms with E-state index in [1.165, 1.54) is 30.3 Å². The molecule has 0 bridgehead atoms. The number of rotatable bonds is 4. The molecule has 0 radical (unpaired) electrons. The molecule has 1 aromatic heterocycles. The predicted molar refractivity (Wildman–Crippen MR) is 85.5 cm³/mol. The first-order chi connectivity index (χ1) is 10.3. The van der Waals surface area contributed by atoms with Crippen LogP contribution in [0.2, 0.25) is 0 Å². The number of nitrogens with one attached hydrogen (secondary N) is 1. The lowest BCUT2D eigenvalue weighted by Crippen LogP contribution is -2.64. The summed E-state index contributed by atoms with van der Waals surface area (Å²) in [6, 6.07) is 11.0. The first-order valence-corrected chi connectivity index (χ1v) is 8.05. The summed E-state index contributed by atoms with van der Waals surface area (Å²) in [5.41, 5.74) is 2.63. The van der Waals surface area contributed by atoms with Gasteiger partial charge in [0, 0.05) is 29.6 Å². The Labute approximate surface area is 125 Å². The molecule has 21 heavy (non-hydrogen) atoms. The van der Waals surface area contributed by atoms with Crippen molar-refractivity contribution in [2.75, 3.05) is 11.9 Å². The quantitative estimate of drug-likeness (QED) is 0.920. The van der Waals surface area contributed by atoms with Gasteiger partial charge < -0.3 is 10.1 Å². The van der Waals surface area contributed by atoms with Gasteiger partial charge in [-0.3, -0.25) is 4.98 Å². The number of anilines is 1. The van der Waals surface area contributed by atoms with Crippen LogP contribution in [0.5, 0.6) is 0 Å². The highest BCUT2D eigenvalue weighted by Crippen LogP contribution is 2.58. The highest BCUT2D eigenvalue weighted by Gasteiger charge is 2.58. The lowest BCUT2D eigenvalue weighted by atomic mass is 9.51. The third-order valence-electron chi connectivity index (χ3n) is 5.40. The molecule has 1 N–H and O–H groups in total. The van der Waals surface area contributed by atoms with Crippen LogP contribution >= 0.6 is 0 Å². The number of hydrogen-bond acceptors (Lipinski definition) is 3. The Hall–Kier alpha value is -1.61. The minimum atomic E-state index is 0.382. The summed E-state index contributed by atoms with van der Waals surface area (Å²) in [4.78, 5) is 4.55. The standard InChI is InChI=1S/C18H22N2O/c1-2-21-16-12-15(18(16)9-5-10-18)20-14-8-3-6-13-7-4-11-19-17(13)14/h3-4,6-8,11,15-16,20H,2,5,9-10,12H2,1H3. The summed E-state index contributed by atoms with van der Waals surface area (Å²) < 4.78 is 5.94. The maximum atomic E-state index is 5.94. The topological polar surface area (TPSA) is 34.1 Å². The number of para-hydroxylation sites is 1. The van der Waals surface area contributed by atoms with Gasteiger partial charge in [0.2, 0.25) is 0 Å². The van der Waals surface area contributed by atoms with Crippen LogP contribution in [0.4, 0.5) is 5.69 Å². The Kier molecular flexibility index (Phi) is 3.11. The smallest absolute Gasteiger partial charge is 0.0933 e. The van der Waals surface area contributed by atoms with Gasteiger partial charge in [-0.1, -0.05) is 24.6 Å². The summed E-state index contributed by atoms with van der Waals surface area (Å²) in [5, 5.41) is 4.96. The zero-order valence-corrected chi connectivity index (χ0v) is 12.5. The normalized spacial score (nSPS) is 26.3. The Bertz CT molecular complexity index is 645. The Morgan fingerprint density at radius 2 is 2.14 bits per heavy atom. The van der Waals surface area contributed by atoms with Gasteiger partial charge in [-0.15, -0.1) is 0 Å². The number of ether oxygens (including phenoxy) is 1. The molecular weight excluding hydrogens is 260 g/mol. The van der Waals surface area contributed by atoms with Crippen LogP contribution in [0.25, 0.3) is 10.9 Å². The molecule has 1 aromatic carbocycles. The Morgan fingerprint density at radius 1 is 1.29 bits per heavy atom. The largest absolute Gasteiger partial charge is 0.380 e. The minimum Gasteiger partial charge on any atom is -0.380 e. The van der Waals surface area contributed by atoms with Crippen molar-refractivity contribution in [3.05, 3.63) is 36.5 Å². The zero-order chi connectivity index (χ0) is 14.3. The van der Waals surface area contributed by atoms with Crippen molar-refractivity contribution in [3.8, 4) is 0 Å². The molecule has 2 unspecified atom stereocenters. The van der Waals surface area contributed by atoms with E-state index in [2.05, 4.69) is 41.5 Å². The van der Waals surface area contributed by atoms with E-state index in [4.69, 9.17) is 4.74 Å². The zero-order valence-electron chi connectivity index (χ0n) is 12.5. The molecule has 2 saturated carbocycles. The van der Waals surface area contributed by atoms with Gasteiger partial charge in [0.15, 0.2) is 0 Å². The number of fused-ring (bicyclic) bond motifs is 1. The van der Waals surface area contributed by atoms with E-state index in [9.17, 15) is 0 Å². The lowest BCUT2D eigenvalue weighted by Gasteiger charge is -2.61. The Balaban J connectivity index is 1.59. The summed E-state index contributed by atoms with van der Waals surface area (Å²) in [6.45, 7) is 2.93. The fraction of sp³-hybridized carbons (Fsp3) is 0.500. The lowest BCUT2D eigenvalue weighted by molar-refractivity contribution is -0.157. The molecule has 3 nitrogen and oxygen atoms in total. The van der Waals surface area contributed by atoms with Crippen molar-refractivity contribution in [1.29, 1.82) is 0 Å². The van der Waals surface area contributed by atoms with Crippen molar-refractivity contribution in [2.24, 2.45) is 5.41 Å². The second kappa shape index (κ2) is 4.99. The second-order valence-electron chi connectivity index (χ2n) is 6.34. The minimum absolute atomic E-state index is 0.382. The van der Waals surface area contributed by atoms with Crippen LogP contribution in [-0.4, -0.2) is 23.7 Å². The summed E-state index contributed by atoms with van der Waals surface area (Å²) in [6.07, 6.45) is 7.39. The van der Waals surface area contributed by atoms with E-state index in [1.807, 2.05) is 12.3 Å². The van der Waals surface area contributed by atoms with Crippen molar-refractivity contribution in [3.63, 3.8) is 0 Å². The van der Waals surface area contributed by atoms with E-state index in [0.717, 1.165) is 18.5 Å². The van der Waals surface area contributed by atoms with Crippen LogP contribution in [0.1, 0.15) is 32.6 Å². The fourth-order valence-corrected chi connectivity index (χ4v) is 4.05. The van der Waals surface area contributed by atoms with Gasteiger partial charge in [0.25, 0.3) is 0 Å². The number of hydrogen-bond donors (Lipinski definition) is 1. The number of pyridine rings is 1. The van der Waals surface area contributed by atoms with E-state index in [-0.39, 0.29) is 0 Å². The van der Waals surface area contributed by atoms with Gasteiger partial charge in [0.1, 0.15) is 0 Å². The first kappa shape index (κ1) is 13.1.